The van der Waals surface area contributed by atoms with Crippen molar-refractivity contribution in [3.63, 3.8) is 0 Å². The van der Waals surface area contributed by atoms with E-state index < -0.39 is 35.1 Å². The van der Waals surface area contributed by atoms with Crippen molar-refractivity contribution in [1.82, 2.24) is 10.0 Å². The highest BCUT2D eigenvalue weighted by atomic mass is 32.2. The summed E-state index contributed by atoms with van der Waals surface area (Å²) in [6, 6.07) is 13.9. The average molecular weight is 419 g/mol. The molecule has 0 saturated heterocycles. The van der Waals surface area contributed by atoms with E-state index in [9.17, 15) is 18.0 Å². The van der Waals surface area contributed by atoms with Crippen molar-refractivity contribution in [2.24, 2.45) is 0 Å². The van der Waals surface area contributed by atoms with Crippen LogP contribution >= 0.6 is 0 Å². The third-order valence-electron chi connectivity index (χ3n) is 4.37. The minimum absolute atomic E-state index is 0.0524. The second kappa shape index (κ2) is 10.2. The van der Waals surface area contributed by atoms with Gasteiger partial charge in [-0.3, -0.25) is 9.59 Å². The maximum atomic E-state index is 12.1. The molecule has 0 aliphatic carbocycles. The van der Waals surface area contributed by atoms with Gasteiger partial charge in [0.2, 0.25) is 10.0 Å². The van der Waals surface area contributed by atoms with Gasteiger partial charge in [0, 0.05) is 0 Å². The molecule has 1 atom stereocenters. The molecule has 1 unspecified atom stereocenters. The third kappa shape index (κ3) is 6.99. The zero-order valence-corrected chi connectivity index (χ0v) is 17.6. The van der Waals surface area contributed by atoms with Gasteiger partial charge in [0.05, 0.1) is 10.9 Å². The Labute approximate surface area is 171 Å². The van der Waals surface area contributed by atoms with E-state index in [1.165, 1.54) is 17.7 Å². The SMILES string of the molecule is CCc1ccc(C(C)NC(=O)COC(=O)CNS(=O)(=O)c2ccc(C)cc2)cc1. The smallest absolute Gasteiger partial charge is 0.321 e. The second-order valence-corrected chi connectivity index (χ2v) is 8.45. The summed E-state index contributed by atoms with van der Waals surface area (Å²) in [5, 5.41) is 2.74. The summed E-state index contributed by atoms with van der Waals surface area (Å²) < 4.78 is 31.3. The van der Waals surface area contributed by atoms with Crippen molar-refractivity contribution >= 4 is 21.9 Å². The largest absolute Gasteiger partial charge is 0.455 e. The first-order chi connectivity index (χ1) is 13.7. The number of hydrogen-bond donors (Lipinski definition) is 2. The molecule has 0 saturated carbocycles. The van der Waals surface area contributed by atoms with E-state index in [-0.39, 0.29) is 10.9 Å². The lowest BCUT2D eigenvalue weighted by Crippen LogP contribution is -2.34. The lowest BCUT2D eigenvalue weighted by molar-refractivity contribution is -0.147. The number of amides is 1. The summed E-state index contributed by atoms with van der Waals surface area (Å²) in [6.45, 7) is 4.69. The number of carbonyl (C=O) groups excluding carboxylic acids is 2. The highest BCUT2D eigenvalue weighted by Gasteiger charge is 2.17. The minimum atomic E-state index is -3.82. The van der Waals surface area contributed by atoms with Crippen LogP contribution < -0.4 is 10.0 Å². The predicted molar refractivity (Wildman–Crippen MR) is 110 cm³/mol. The Balaban J connectivity index is 1.77. The first-order valence-electron chi connectivity index (χ1n) is 9.31. The zero-order valence-electron chi connectivity index (χ0n) is 16.8. The van der Waals surface area contributed by atoms with Gasteiger partial charge in [-0.1, -0.05) is 48.9 Å². The summed E-state index contributed by atoms with van der Waals surface area (Å²) >= 11 is 0. The summed E-state index contributed by atoms with van der Waals surface area (Å²) in [5.41, 5.74) is 3.06. The van der Waals surface area contributed by atoms with Crippen molar-refractivity contribution in [3.8, 4) is 0 Å². The number of rotatable bonds is 9. The second-order valence-electron chi connectivity index (χ2n) is 6.68. The summed E-state index contributed by atoms with van der Waals surface area (Å²) in [5.74, 6) is -1.30. The van der Waals surface area contributed by atoms with Gasteiger partial charge in [0.25, 0.3) is 5.91 Å². The number of carbonyl (C=O) groups is 2. The van der Waals surface area contributed by atoms with Crippen LogP contribution in [0.1, 0.15) is 36.6 Å². The Hall–Kier alpha value is -2.71. The summed E-state index contributed by atoms with van der Waals surface area (Å²) in [6.07, 6.45) is 0.935. The molecule has 2 rings (SSSR count). The predicted octanol–water partition coefficient (Wildman–Crippen LogP) is 2.26. The van der Waals surface area contributed by atoms with Crippen molar-refractivity contribution in [2.75, 3.05) is 13.2 Å². The molecular formula is C21H26N2O5S. The van der Waals surface area contributed by atoms with Crippen LogP contribution in [-0.2, 0) is 30.8 Å². The number of nitrogens with one attached hydrogen (secondary N) is 2. The number of benzene rings is 2. The van der Waals surface area contributed by atoms with Crippen molar-refractivity contribution < 1.29 is 22.7 Å². The van der Waals surface area contributed by atoms with Gasteiger partial charge in [-0.2, -0.15) is 4.72 Å². The Morgan fingerprint density at radius 3 is 2.24 bits per heavy atom. The van der Waals surface area contributed by atoms with Crippen LogP contribution in [0.3, 0.4) is 0 Å². The number of esters is 1. The maximum Gasteiger partial charge on any atom is 0.321 e. The van der Waals surface area contributed by atoms with Gasteiger partial charge in [-0.25, -0.2) is 8.42 Å². The highest BCUT2D eigenvalue weighted by molar-refractivity contribution is 7.89. The van der Waals surface area contributed by atoms with Crippen LogP contribution in [0.2, 0.25) is 0 Å². The molecule has 2 aromatic carbocycles. The lowest BCUT2D eigenvalue weighted by atomic mass is 10.1. The minimum Gasteiger partial charge on any atom is -0.455 e. The first kappa shape index (κ1) is 22.6. The molecular weight excluding hydrogens is 392 g/mol. The molecule has 1 amide bonds. The molecule has 0 aliphatic rings. The number of hydrogen-bond acceptors (Lipinski definition) is 5. The normalized spacial score (nSPS) is 12.2. The van der Waals surface area contributed by atoms with Crippen LogP contribution in [0.4, 0.5) is 0 Å². The van der Waals surface area contributed by atoms with Gasteiger partial charge in [0.15, 0.2) is 6.61 Å². The molecule has 2 N–H and O–H groups in total. The summed E-state index contributed by atoms with van der Waals surface area (Å²) in [4.78, 5) is 23.8. The van der Waals surface area contributed by atoms with Gasteiger partial charge < -0.3 is 10.1 Å². The van der Waals surface area contributed by atoms with E-state index in [0.717, 1.165) is 17.5 Å². The van der Waals surface area contributed by atoms with Crippen LogP contribution in [-0.4, -0.2) is 33.4 Å². The lowest BCUT2D eigenvalue weighted by Gasteiger charge is -2.15. The fourth-order valence-electron chi connectivity index (χ4n) is 2.56. The van der Waals surface area contributed by atoms with Gasteiger partial charge in [0.1, 0.15) is 6.54 Å². The Bertz CT molecular complexity index is 938. The fourth-order valence-corrected chi connectivity index (χ4v) is 3.53. The molecule has 156 valence electrons. The number of sulfonamides is 1. The molecule has 8 heteroatoms. The zero-order chi connectivity index (χ0) is 21.4. The van der Waals surface area contributed by atoms with Crippen molar-refractivity contribution in [2.45, 2.75) is 38.1 Å². The van der Waals surface area contributed by atoms with E-state index >= 15 is 0 Å². The Morgan fingerprint density at radius 1 is 1.03 bits per heavy atom. The van der Waals surface area contributed by atoms with Crippen LogP contribution in [0.15, 0.2) is 53.4 Å². The molecule has 2 aromatic rings. The molecule has 0 spiro atoms. The van der Waals surface area contributed by atoms with E-state index in [2.05, 4.69) is 17.0 Å². The van der Waals surface area contributed by atoms with Gasteiger partial charge in [-0.05, 0) is 43.5 Å². The fraction of sp³-hybridized carbons (Fsp3) is 0.333. The quantitative estimate of drug-likeness (QED) is 0.608. The number of aryl methyl sites for hydroxylation is 2. The number of ether oxygens (including phenoxy) is 1. The van der Waals surface area contributed by atoms with Crippen molar-refractivity contribution in [3.05, 3.63) is 65.2 Å². The van der Waals surface area contributed by atoms with Gasteiger partial charge in [-0.15, -0.1) is 0 Å². The highest BCUT2D eigenvalue weighted by Crippen LogP contribution is 2.13. The Kier molecular flexibility index (Phi) is 7.92. The average Bonchev–Trinajstić information content (AvgIpc) is 2.71. The molecule has 0 fully saturated rings. The molecule has 0 heterocycles. The van der Waals surface area contributed by atoms with Crippen LogP contribution in [0, 0.1) is 6.92 Å². The van der Waals surface area contributed by atoms with Crippen molar-refractivity contribution in [1.29, 1.82) is 0 Å². The van der Waals surface area contributed by atoms with Crippen LogP contribution in [0.5, 0.6) is 0 Å². The first-order valence-corrected chi connectivity index (χ1v) is 10.8. The monoisotopic (exact) mass is 418 g/mol. The topological polar surface area (TPSA) is 102 Å². The van der Waals surface area contributed by atoms with E-state index in [1.54, 1.807) is 12.1 Å². The summed E-state index contributed by atoms with van der Waals surface area (Å²) in [7, 11) is -3.82. The molecule has 0 bridgehead atoms. The third-order valence-corrected chi connectivity index (χ3v) is 5.78. The molecule has 7 nitrogen and oxygen atoms in total. The van der Waals surface area contributed by atoms with Gasteiger partial charge >= 0.3 is 5.97 Å². The molecule has 0 aromatic heterocycles. The van der Waals surface area contributed by atoms with Crippen LogP contribution in [0.25, 0.3) is 0 Å². The maximum absolute atomic E-state index is 12.1. The molecule has 0 radical (unpaired) electrons. The standard InChI is InChI=1S/C21H26N2O5S/c1-4-17-7-9-18(10-8-17)16(3)23-20(24)14-28-21(25)13-22-29(26,27)19-11-5-15(2)6-12-19/h5-12,16,22H,4,13-14H2,1-3H3,(H,23,24). The van der Waals surface area contributed by atoms with E-state index in [0.29, 0.717) is 0 Å². The Morgan fingerprint density at radius 2 is 1.66 bits per heavy atom. The molecule has 29 heavy (non-hydrogen) atoms. The van der Waals surface area contributed by atoms with E-state index in [1.807, 2.05) is 38.1 Å². The van der Waals surface area contributed by atoms with E-state index in [4.69, 9.17) is 4.74 Å². The molecule has 0 aliphatic heterocycles.